The summed E-state index contributed by atoms with van der Waals surface area (Å²) in [5, 5.41) is 3.06. The van der Waals surface area contributed by atoms with E-state index in [1.54, 1.807) is 24.3 Å². The lowest BCUT2D eigenvalue weighted by atomic mass is 9.79. The lowest BCUT2D eigenvalue weighted by Gasteiger charge is -2.30. The van der Waals surface area contributed by atoms with Gasteiger partial charge in [-0.15, -0.1) is 0 Å². The summed E-state index contributed by atoms with van der Waals surface area (Å²) in [6, 6.07) is 10.4. The first-order chi connectivity index (χ1) is 10.9. The van der Waals surface area contributed by atoms with Crippen molar-refractivity contribution in [3.63, 3.8) is 0 Å². The van der Waals surface area contributed by atoms with Crippen LogP contribution in [0.25, 0.3) is 0 Å². The molecule has 2 amide bonds. The molecule has 2 N–H and O–H groups in total. The Morgan fingerprint density at radius 3 is 2.65 bits per heavy atom. The van der Waals surface area contributed by atoms with E-state index in [-0.39, 0.29) is 17.5 Å². The van der Waals surface area contributed by atoms with E-state index in [0.29, 0.717) is 6.54 Å². The van der Waals surface area contributed by atoms with Crippen molar-refractivity contribution in [2.45, 2.75) is 45.2 Å². The third-order valence-electron chi connectivity index (χ3n) is 4.03. The maximum atomic E-state index is 12.3. The number of urea groups is 1. The highest BCUT2D eigenvalue weighted by Gasteiger charge is 2.24. The molecule has 5 nitrogen and oxygen atoms in total. The van der Waals surface area contributed by atoms with Crippen LogP contribution < -0.4 is 5.32 Å². The van der Waals surface area contributed by atoms with Gasteiger partial charge in [-0.05, 0) is 24.3 Å². The van der Waals surface area contributed by atoms with E-state index < -0.39 is 0 Å². The zero-order valence-electron chi connectivity index (χ0n) is 14.3. The Hall–Kier alpha value is -2.30. The van der Waals surface area contributed by atoms with Crippen molar-refractivity contribution in [3.05, 3.63) is 54.1 Å². The minimum atomic E-state index is -0.0854. The molecule has 1 aromatic carbocycles. The fourth-order valence-electron chi connectivity index (χ4n) is 2.83. The second-order valence-corrected chi connectivity index (χ2v) is 6.70. The number of imidazole rings is 1. The summed E-state index contributed by atoms with van der Waals surface area (Å²) in [6.07, 6.45) is 4.31. The van der Waals surface area contributed by atoms with E-state index in [0.717, 1.165) is 12.2 Å². The standard InChI is InChI=1S/C18H26N4O/c1-14(12-18(2,3)15-8-6-5-7-9-15)21-17(23)22(4)13-16-19-10-11-20-16/h5-11,14H,12-13H2,1-4H3,(H,19,20)(H,21,23)/t14-/m0/s1. The number of hydrogen-bond acceptors (Lipinski definition) is 2. The molecule has 0 fully saturated rings. The normalized spacial score (nSPS) is 12.7. The highest BCUT2D eigenvalue weighted by Crippen LogP contribution is 2.28. The van der Waals surface area contributed by atoms with E-state index in [2.05, 4.69) is 53.4 Å². The summed E-state index contributed by atoms with van der Waals surface area (Å²) >= 11 is 0. The van der Waals surface area contributed by atoms with E-state index in [1.165, 1.54) is 5.56 Å². The van der Waals surface area contributed by atoms with E-state index in [1.807, 2.05) is 13.0 Å². The van der Waals surface area contributed by atoms with Crippen LogP contribution in [0.1, 0.15) is 38.6 Å². The van der Waals surface area contributed by atoms with Gasteiger partial charge in [-0.3, -0.25) is 0 Å². The molecule has 1 aromatic heterocycles. The number of nitrogens with zero attached hydrogens (tertiary/aromatic N) is 2. The van der Waals surface area contributed by atoms with Crippen molar-refractivity contribution >= 4 is 6.03 Å². The molecule has 0 saturated heterocycles. The zero-order valence-corrected chi connectivity index (χ0v) is 14.3. The van der Waals surface area contributed by atoms with Gasteiger partial charge in [0, 0.05) is 25.5 Å². The number of carbonyl (C=O) groups is 1. The molecule has 0 saturated carbocycles. The topological polar surface area (TPSA) is 61.0 Å². The van der Waals surface area contributed by atoms with Gasteiger partial charge in [0.25, 0.3) is 0 Å². The van der Waals surface area contributed by atoms with Crippen LogP contribution in [0.15, 0.2) is 42.7 Å². The lowest BCUT2D eigenvalue weighted by Crippen LogP contribution is -2.43. The van der Waals surface area contributed by atoms with Crippen molar-refractivity contribution in [1.82, 2.24) is 20.2 Å². The molecule has 2 rings (SSSR count). The molecule has 0 aliphatic rings. The number of aromatic nitrogens is 2. The summed E-state index contributed by atoms with van der Waals surface area (Å²) in [6.45, 7) is 6.92. The number of H-pyrrole nitrogens is 1. The molecular formula is C18H26N4O. The van der Waals surface area contributed by atoms with Crippen LogP contribution in [0.5, 0.6) is 0 Å². The first-order valence-electron chi connectivity index (χ1n) is 7.94. The minimum absolute atomic E-state index is 0.00748. The van der Waals surface area contributed by atoms with Gasteiger partial charge in [-0.2, -0.15) is 0 Å². The highest BCUT2D eigenvalue weighted by atomic mass is 16.2. The molecule has 5 heteroatoms. The first kappa shape index (κ1) is 17.1. The molecule has 1 atom stereocenters. The number of hydrogen-bond donors (Lipinski definition) is 2. The van der Waals surface area contributed by atoms with Gasteiger partial charge in [0.1, 0.15) is 5.82 Å². The molecule has 0 bridgehead atoms. The predicted molar refractivity (Wildman–Crippen MR) is 92.1 cm³/mol. The van der Waals surface area contributed by atoms with Crippen molar-refractivity contribution in [2.75, 3.05) is 7.05 Å². The van der Waals surface area contributed by atoms with Gasteiger partial charge >= 0.3 is 6.03 Å². The van der Waals surface area contributed by atoms with Crippen LogP contribution in [-0.4, -0.2) is 34.0 Å². The van der Waals surface area contributed by atoms with Gasteiger partial charge < -0.3 is 15.2 Å². The second kappa shape index (κ2) is 7.31. The minimum Gasteiger partial charge on any atom is -0.347 e. The van der Waals surface area contributed by atoms with Gasteiger partial charge in [-0.1, -0.05) is 44.2 Å². The summed E-state index contributed by atoms with van der Waals surface area (Å²) in [5.41, 5.74) is 1.29. The first-order valence-corrected chi connectivity index (χ1v) is 7.94. The molecule has 0 aliphatic carbocycles. The SMILES string of the molecule is C[C@@H](CC(C)(C)c1ccccc1)NC(=O)N(C)Cc1ncc[nH]1. The fraction of sp³-hybridized carbons (Fsp3) is 0.444. The molecular weight excluding hydrogens is 288 g/mol. The molecule has 124 valence electrons. The zero-order chi connectivity index (χ0) is 16.9. The van der Waals surface area contributed by atoms with Gasteiger partial charge in [-0.25, -0.2) is 9.78 Å². The van der Waals surface area contributed by atoms with E-state index >= 15 is 0 Å². The maximum Gasteiger partial charge on any atom is 0.317 e. The fourth-order valence-corrected chi connectivity index (χ4v) is 2.83. The average molecular weight is 314 g/mol. The molecule has 0 unspecified atom stereocenters. The average Bonchev–Trinajstić information content (AvgIpc) is 3.00. The van der Waals surface area contributed by atoms with E-state index in [4.69, 9.17) is 0 Å². The van der Waals surface area contributed by atoms with Crippen molar-refractivity contribution in [2.24, 2.45) is 0 Å². The molecule has 0 spiro atoms. The number of amides is 2. The van der Waals surface area contributed by atoms with Crippen LogP contribution in [0, 0.1) is 0 Å². The molecule has 0 aliphatic heterocycles. The van der Waals surface area contributed by atoms with Gasteiger partial charge in [0.05, 0.1) is 6.54 Å². The Kier molecular flexibility index (Phi) is 5.42. The summed E-state index contributed by atoms with van der Waals surface area (Å²) < 4.78 is 0. The molecule has 0 radical (unpaired) electrons. The second-order valence-electron chi connectivity index (χ2n) is 6.70. The van der Waals surface area contributed by atoms with Crippen LogP contribution >= 0.6 is 0 Å². The Balaban J connectivity index is 1.88. The summed E-state index contributed by atoms with van der Waals surface area (Å²) in [4.78, 5) is 21.0. The third-order valence-corrected chi connectivity index (χ3v) is 4.03. The summed E-state index contributed by atoms with van der Waals surface area (Å²) in [7, 11) is 1.77. The smallest absolute Gasteiger partial charge is 0.317 e. The quantitative estimate of drug-likeness (QED) is 0.859. The maximum absolute atomic E-state index is 12.3. The van der Waals surface area contributed by atoms with Crippen molar-refractivity contribution in [1.29, 1.82) is 0 Å². The number of rotatable bonds is 6. The summed E-state index contributed by atoms with van der Waals surface area (Å²) in [5.74, 6) is 0.778. The van der Waals surface area contributed by atoms with Gasteiger partial charge in [0.2, 0.25) is 0 Å². The molecule has 2 aromatic rings. The van der Waals surface area contributed by atoms with E-state index in [9.17, 15) is 4.79 Å². The van der Waals surface area contributed by atoms with Crippen LogP contribution in [0.3, 0.4) is 0 Å². The Morgan fingerprint density at radius 1 is 1.35 bits per heavy atom. The number of carbonyl (C=O) groups excluding carboxylic acids is 1. The van der Waals surface area contributed by atoms with Gasteiger partial charge in [0.15, 0.2) is 0 Å². The lowest BCUT2D eigenvalue weighted by molar-refractivity contribution is 0.200. The monoisotopic (exact) mass is 314 g/mol. The largest absolute Gasteiger partial charge is 0.347 e. The highest BCUT2D eigenvalue weighted by molar-refractivity contribution is 5.74. The molecule has 1 heterocycles. The van der Waals surface area contributed by atoms with Crippen LogP contribution in [-0.2, 0) is 12.0 Å². The third kappa shape index (κ3) is 4.84. The number of nitrogens with one attached hydrogen (secondary N) is 2. The van der Waals surface area contributed by atoms with Crippen molar-refractivity contribution in [3.8, 4) is 0 Å². The molecule has 23 heavy (non-hydrogen) atoms. The van der Waals surface area contributed by atoms with Crippen LogP contribution in [0.2, 0.25) is 0 Å². The predicted octanol–water partition coefficient (Wildman–Crippen LogP) is 3.31. The number of benzene rings is 1. The number of aromatic amines is 1. The Bertz CT molecular complexity index is 607. The van der Waals surface area contributed by atoms with Crippen molar-refractivity contribution < 1.29 is 4.79 Å². The van der Waals surface area contributed by atoms with Crippen LogP contribution in [0.4, 0.5) is 4.79 Å². The Labute approximate surface area is 138 Å². The Morgan fingerprint density at radius 2 is 2.04 bits per heavy atom.